The molecule has 1 heterocycles. The second kappa shape index (κ2) is 4.02. The van der Waals surface area contributed by atoms with Crippen LogP contribution in [0.15, 0.2) is 0 Å². The van der Waals surface area contributed by atoms with E-state index in [2.05, 4.69) is 0 Å². The maximum Gasteiger partial charge on any atom is 0.327 e. The van der Waals surface area contributed by atoms with Gasteiger partial charge in [0.15, 0.2) is 0 Å². The third-order valence-corrected chi connectivity index (χ3v) is 4.27. The largest absolute Gasteiger partial charge is 0.480 e. The number of rotatable bonds is 3. The van der Waals surface area contributed by atoms with Crippen molar-refractivity contribution in [1.82, 2.24) is 4.90 Å². The molecule has 1 aliphatic heterocycles. The zero-order valence-electron chi connectivity index (χ0n) is 8.26. The van der Waals surface area contributed by atoms with Crippen molar-refractivity contribution in [2.24, 2.45) is 11.7 Å². The highest BCUT2D eigenvalue weighted by Crippen LogP contribution is 2.45. The normalized spacial score (nSPS) is 30.6. The minimum Gasteiger partial charge on any atom is -0.480 e. The third-order valence-electron chi connectivity index (χ3n) is 2.81. The lowest BCUT2D eigenvalue weighted by molar-refractivity contribution is -0.148. The van der Waals surface area contributed by atoms with Crippen molar-refractivity contribution in [3.05, 3.63) is 0 Å². The van der Waals surface area contributed by atoms with Gasteiger partial charge in [0.05, 0.1) is 11.9 Å². The van der Waals surface area contributed by atoms with Crippen LogP contribution in [0.2, 0.25) is 0 Å². The van der Waals surface area contributed by atoms with Gasteiger partial charge in [0, 0.05) is 5.75 Å². The fraction of sp³-hybridized carbons (Fsp3) is 0.778. The Morgan fingerprint density at radius 1 is 1.47 bits per heavy atom. The van der Waals surface area contributed by atoms with E-state index in [1.54, 1.807) is 11.8 Å². The van der Waals surface area contributed by atoms with E-state index < -0.39 is 12.0 Å². The first-order valence-corrected chi connectivity index (χ1v) is 6.05. The monoisotopic (exact) mass is 230 g/mol. The molecule has 1 saturated carbocycles. The Morgan fingerprint density at radius 2 is 2.13 bits per heavy atom. The van der Waals surface area contributed by atoms with Crippen molar-refractivity contribution in [2.75, 3.05) is 12.3 Å². The quantitative estimate of drug-likeness (QED) is 0.696. The minimum absolute atomic E-state index is 0.0437. The first-order valence-electron chi connectivity index (χ1n) is 5.00. The predicted octanol–water partition coefficient (Wildman–Crippen LogP) is -0.290. The first kappa shape index (κ1) is 10.8. The van der Waals surface area contributed by atoms with Gasteiger partial charge >= 0.3 is 5.97 Å². The van der Waals surface area contributed by atoms with Crippen LogP contribution in [0.4, 0.5) is 0 Å². The number of nitrogens with two attached hydrogens (primary N) is 1. The van der Waals surface area contributed by atoms with Crippen LogP contribution in [-0.4, -0.2) is 45.6 Å². The topological polar surface area (TPSA) is 83.6 Å². The highest BCUT2D eigenvalue weighted by Gasteiger charge is 2.47. The Labute approximate surface area is 92.0 Å². The standard InChI is InChI=1S/C9H14N2O3S/c10-3-7(12)11-6(9(13)14)4-15-8(11)5-1-2-5/h5-6,8H,1-4,10H2,(H,13,14). The first-order chi connectivity index (χ1) is 7.15. The van der Waals surface area contributed by atoms with Crippen molar-refractivity contribution >= 4 is 23.6 Å². The third kappa shape index (κ3) is 1.96. The Bertz CT molecular complexity index is 293. The molecule has 0 bridgehead atoms. The average Bonchev–Trinajstić information content (AvgIpc) is 2.95. The highest BCUT2D eigenvalue weighted by molar-refractivity contribution is 8.00. The summed E-state index contributed by atoms with van der Waals surface area (Å²) in [4.78, 5) is 24.0. The number of hydrogen-bond acceptors (Lipinski definition) is 4. The molecule has 2 atom stereocenters. The zero-order chi connectivity index (χ0) is 11.0. The second-order valence-corrected chi connectivity index (χ2v) is 5.07. The molecule has 0 radical (unpaired) electrons. The van der Waals surface area contributed by atoms with Crippen LogP contribution >= 0.6 is 11.8 Å². The summed E-state index contributed by atoms with van der Waals surface area (Å²) in [5.74, 6) is -0.200. The number of carbonyl (C=O) groups excluding carboxylic acids is 1. The van der Waals surface area contributed by atoms with Crippen molar-refractivity contribution in [1.29, 1.82) is 0 Å². The zero-order valence-corrected chi connectivity index (χ0v) is 9.07. The van der Waals surface area contributed by atoms with Gasteiger partial charge in [-0.15, -0.1) is 11.8 Å². The van der Waals surface area contributed by atoms with Gasteiger partial charge in [0.25, 0.3) is 0 Å². The molecule has 2 aliphatic rings. The van der Waals surface area contributed by atoms with Gasteiger partial charge in [-0.05, 0) is 18.8 Å². The molecule has 1 amide bonds. The second-order valence-electron chi connectivity index (χ2n) is 3.92. The SMILES string of the molecule is NCC(=O)N1C(C(=O)O)CSC1C1CC1. The van der Waals surface area contributed by atoms with Gasteiger partial charge < -0.3 is 15.7 Å². The molecule has 0 spiro atoms. The van der Waals surface area contributed by atoms with E-state index in [-0.39, 0.29) is 17.8 Å². The fourth-order valence-electron chi connectivity index (χ4n) is 1.88. The smallest absolute Gasteiger partial charge is 0.327 e. The highest BCUT2D eigenvalue weighted by atomic mass is 32.2. The van der Waals surface area contributed by atoms with Crippen LogP contribution in [0.1, 0.15) is 12.8 Å². The Hall–Kier alpha value is -0.750. The molecule has 5 nitrogen and oxygen atoms in total. The number of nitrogens with zero attached hydrogens (tertiary/aromatic N) is 1. The van der Waals surface area contributed by atoms with Gasteiger partial charge in [-0.2, -0.15) is 0 Å². The summed E-state index contributed by atoms with van der Waals surface area (Å²) < 4.78 is 0. The molecule has 1 aliphatic carbocycles. The molecule has 0 aromatic carbocycles. The molecule has 2 rings (SSSR count). The number of hydrogen-bond donors (Lipinski definition) is 2. The van der Waals surface area contributed by atoms with Crippen LogP contribution in [0.3, 0.4) is 0 Å². The van der Waals surface area contributed by atoms with Crippen LogP contribution in [-0.2, 0) is 9.59 Å². The van der Waals surface area contributed by atoms with Gasteiger partial charge in [-0.3, -0.25) is 4.79 Å². The summed E-state index contributed by atoms with van der Waals surface area (Å²) in [7, 11) is 0. The molecule has 0 aromatic heterocycles. The number of thioether (sulfide) groups is 1. The molecule has 2 fully saturated rings. The summed E-state index contributed by atoms with van der Waals surface area (Å²) in [5, 5.41) is 9.04. The van der Waals surface area contributed by atoms with E-state index >= 15 is 0 Å². The van der Waals surface area contributed by atoms with Gasteiger partial charge in [-0.1, -0.05) is 0 Å². The van der Waals surface area contributed by atoms with Crippen molar-refractivity contribution < 1.29 is 14.7 Å². The fourth-order valence-corrected chi connectivity index (χ4v) is 3.54. The maximum atomic E-state index is 11.6. The Balaban J connectivity index is 2.14. The molecule has 6 heteroatoms. The average molecular weight is 230 g/mol. The van der Waals surface area contributed by atoms with Crippen LogP contribution in [0, 0.1) is 5.92 Å². The predicted molar refractivity (Wildman–Crippen MR) is 56.3 cm³/mol. The van der Waals surface area contributed by atoms with Crippen LogP contribution < -0.4 is 5.73 Å². The number of carboxylic acids is 1. The van der Waals surface area contributed by atoms with Gasteiger partial charge in [-0.25, -0.2) is 4.79 Å². The van der Waals surface area contributed by atoms with Crippen molar-refractivity contribution in [3.8, 4) is 0 Å². The van der Waals surface area contributed by atoms with E-state index in [4.69, 9.17) is 10.8 Å². The van der Waals surface area contributed by atoms with E-state index in [0.29, 0.717) is 11.7 Å². The number of carboxylic acid groups (broad SMARTS) is 1. The summed E-state index contributed by atoms with van der Waals surface area (Å²) >= 11 is 1.57. The summed E-state index contributed by atoms with van der Waals surface area (Å²) in [5.41, 5.74) is 5.30. The maximum absolute atomic E-state index is 11.6. The van der Waals surface area contributed by atoms with Crippen molar-refractivity contribution in [3.63, 3.8) is 0 Å². The Kier molecular flexibility index (Phi) is 2.88. The lowest BCUT2D eigenvalue weighted by Gasteiger charge is -2.26. The van der Waals surface area contributed by atoms with Crippen molar-refractivity contribution in [2.45, 2.75) is 24.3 Å². The molecule has 0 aromatic rings. The van der Waals surface area contributed by atoms with Gasteiger partial charge in [0.1, 0.15) is 6.04 Å². The lowest BCUT2D eigenvalue weighted by atomic mass is 10.2. The number of amides is 1. The number of aliphatic carboxylic acids is 1. The molecule has 2 unspecified atom stereocenters. The molecule has 84 valence electrons. The van der Waals surface area contributed by atoms with E-state index in [1.807, 2.05) is 0 Å². The molecular formula is C9H14N2O3S. The summed E-state index contributed by atoms with van der Waals surface area (Å²) in [6.45, 7) is -0.104. The van der Waals surface area contributed by atoms with E-state index in [1.165, 1.54) is 4.90 Å². The number of carbonyl (C=O) groups is 2. The molecule has 1 saturated heterocycles. The lowest BCUT2D eigenvalue weighted by Crippen LogP contribution is -2.48. The van der Waals surface area contributed by atoms with Gasteiger partial charge in [0.2, 0.25) is 5.91 Å². The van der Waals surface area contributed by atoms with Crippen LogP contribution in [0.25, 0.3) is 0 Å². The van der Waals surface area contributed by atoms with Crippen LogP contribution in [0.5, 0.6) is 0 Å². The minimum atomic E-state index is -0.924. The molecular weight excluding hydrogens is 216 g/mol. The molecule has 15 heavy (non-hydrogen) atoms. The summed E-state index contributed by atoms with van der Waals surface area (Å²) in [6.07, 6.45) is 2.19. The van der Waals surface area contributed by atoms with E-state index in [9.17, 15) is 9.59 Å². The van der Waals surface area contributed by atoms with E-state index in [0.717, 1.165) is 12.8 Å². The Morgan fingerprint density at radius 3 is 2.60 bits per heavy atom. The summed E-state index contributed by atoms with van der Waals surface area (Å²) in [6, 6.07) is -0.684. The molecule has 3 N–H and O–H groups in total.